The Morgan fingerprint density at radius 3 is 2.53 bits per heavy atom. The zero-order chi connectivity index (χ0) is 26.4. The number of carbonyl (C=O) groups excluding carboxylic acids is 1. The summed E-state index contributed by atoms with van der Waals surface area (Å²) in [6.45, 7) is 4.06. The molecule has 4 aromatic rings. The first-order valence-corrected chi connectivity index (χ1v) is 13.0. The predicted molar refractivity (Wildman–Crippen MR) is 145 cm³/mol. The highest BCUT2D eigenvalue weighted by atomic mass is 19.1. The highest BCUT2D eigenvalue weighted by Gasteiger charge is 2.51. The van der Waals surface area contributed by atoms with Gasteiger partial charge in [-0.05, 0) is 48.9 Å². The van der Waals surface area contributed by atoms with Crippen LogP contribution in [-0.2, 0) is 16.6 Å². The Kier molecular flexibility index (Phi) is 5.90. The lowest BCUT2D eigenvalue weighted by molar-refractivity contribution is -0.124. The number of aliphatic hydroxyl groups is 1. The first-order chi connectivity index (χ1) is 18.4. The lowest BCUT2D eigenvalue weighted by Gasteiger charge is -2.48. The maximum atomic E-state index is 15.2. The van der Waals surface area contributed by atoms with Crippen molar-refractivity contribution in [3.63, 3.8) is 0 Å². The summed E-state index contributed by atoms with van der Waals surface area (Å²) in [5, 5.41) is 9.92. The number of allylic oxidation sites excluding steroid dienone is 1. The van der Waals surface area contributed by atoms with Crippen molar-refractivity contribution in [2.24, 2.45) is 11.8 Å². The summed E-state index contributed by atoms with van der Waals surface area (Å²) in [4.78, 5) is 27.5. The molecule has 0 saturated heterocycles. The van der Waals surface area contributed by atoms with E-state index in [-0.39, 0.29) is 23.4 Å². The molecule has 6 heteroatoms. The largest absolute Gasteiger partial charge is 0.515 e. The zero-order valence-electron chi connectivity index (χ0n) is 21.4. The first-order valence-electron chi connectivity index (χ1n) is 13.0. The number of Topliss-reactive ketones (excluding diaryl/α,β-unsaturated/α-hetero) is 1. The van der Waals surface area contributed by atoms with Gasteiger partial charge in [0.2, 0.25) is 0 Å². The topological polar surface area (TPSA) is 76.0 Å². The molecule has 1 fully saturated rings. The normalized spacial score (nSPS) is 23.7. The molecule has 1 saturated carbocycles. The van der Waals surface area contributed by atoms with Gasteiger partial charge in [0.1, 0.15) is 5.82 Å². The molecule has 5 nitrogen and oxygen atoms in total. The van der Waals surface area contributed by atoms with Crippen molar-refractivity contribution >= 4 is 5.78 Å². The SMILES string of the molecule is C[C@H]1C(=O)/C(=C\O)C[C@@]2(C)c3nc(-c4ccncc4-c4ccccc4)nc(-c4ccccc4F)c3CC[C@H]12. The molecule has 0 unspecified atom stereocenters. The second-order valence-corrected chi connectivity index (χ2v) is 10.5. The Morgan fingerprint density at radius 2 is 1.76 bits per heavy atom. The van der Waals surface area contributed by atoms with E-state index in [9.17, 15) is 9.90 Å². The van der Waals surface area contributed by atoms with Gasteiger partial charge in [0, 0.05) is 51.6 Å². The Hall–Kier alpha value is -4.19. The van der Waals surface area contributed by atoms with Crippen LogP contribution in [0.1, 0.15) is 37.9 Å². The lowest BCUT2D eigenvalue weighted by Crippen LogP contribution is -2.48. The molecule has 2 aromatic heterocycles. The number of carbonyl (C=O) groups is 1. The maximum absolute atomic E-state index is 15.2. The van der Waals surface area contributed by atoms with E-state index in [1.807, 2.05) is 49.4 Å². The minimum Gasteiger partial charge on any atom is -0.515 e. The van der Waals surface area contributed by atoms with Gasteiger partial charge in [-0.15, -0.1) is 0 Å². The van der Waals surface area contributed by atoms with Gasteiger partial charge >= 0.3 is 0 Å². The second kappa shape index (κ2) is 9.28. The van der Waals surface area contributed by atoms with Crippen LogP contribution in [0.2, 0.25) is 0 Å². The fourth-order valence-electron chi connectivity index (χ4n) is 6.50. The fraction of sp³-hybridized carbons (Fsp3) is 0.250. The van der Waals surface area contributed by atoms with Crippen molar-refractivity contribution in [1.29, 1.82) is 0 Å². The van der Waals surface area contributed by atoms with E-state index < -0.39 is 5.41 Å². The third-order valence-corrected chi connectivity index (χ3v) is 8.39. The standard InChI is InChI=1S/C32H28FN3O2/c1-19-26-13-12-24-28(23-10-6-7-11-27(23)33)35-31(36-30(24)32(26,2)16-21(18-37)29(19)38)22-14-15-34-17-25(22)20-8-4-3-5-9-20/h3-11,14-15,17-19,26,37H,12-13,16H2,1-2H3/b21-18-/t19-,26-,32-/m1/s1. The number of fused-ring (bicyclic) bond motifs is 3. The highest BCUT2D eigenvalue weighted by Crippen LogP contribution is 2.53. The monoisotopic (exact) mass is 505 g/mol. The summed E-state index contributed by atoms with van der Waals surface area (Å²) in [5.74, 6) is -0.0654. The van der Waals surface area contributed by atoms with E-state index in [4.69, 9.17) is 9.97 Å². The van der Waals surface area contributed by atoms with E-state index >= 15 is 4.39 Å². The van der Waals surface area contributed by atoms with Crippen molar-refractivity contribution in [3.8, 4) is 33.8 Å². The van der Waals surface area contributed by atoms with E-state index in [0.717, 1.165) is 40.6 Å². The molecule has 2 aliphatic rings. The lowest BCUT2D eigenvalue weighted by atomic mass is 9.55. The molecular formula is C32H28FN3O2. The number of hydrogen-bond donors (Lipinski definition) is 1. The molecule has 0 bridgehead atoms. The van der Waals surface area contributed by atoms with Crippen LogP contribution < -0.4 is 0 Å². The van der Waals surface area contributed by atoms with Gasteiger partial charge in [0.15, 0.2) is 11.6 Å². The number of aromatic nitrogens is 3. The molecule has 2 aromatic carbocycles. The Labute approximate surface area is 221 Å². The van der Waals surface area contributed by atoms with E-state index in [2.05, 4.69) is 11.9 Å². The Morgan fingerprint density at radius 1 is 1.00 bits per heavy atom. The summed E-state index contributed by atoms with van der Waals surface area (Å²) in [6, 6.07) is 18.5. The van der Waals surface area contributed by atoms with E-state index in [1.165, 1.54) is 6.07 Å². The molecule has 0 spiro atoms. The first kappa shape index (κ1) is 24.2. The van der Waals surface area contributed by atoms with Crippen LogP contribution in [0.3, 0.4) is 0 Å². The molecule has 1 N–H and O–H groups in total. The third-order valence-electron chi connectivity index (χ3n) is 8.39. The van der Waals surface area contributed by atoms with Crippen molar-refractivity contribution in [1.82, 2.24) is 15.0 Å². The quantitative estimate of drug-likeness (QED) is 0.243. The summed E-state index contributed by atoms with van der Waals surface area (Å²) in [5.41, 5.74) is 5.30. The second-order valence-electron chi connectivity index (χ2n) is 10.5. The van der Waals surface area contributed by atoms with Crippen molar-refractivity contribution in [3.05, 3.63) is 102 Å². The maximum Gasteiger partial charge on any atom is 0.165 e. The number of nitrogens with zero attached hydrogens (tertiary/aromatic N) is 3. The molecule has 3 atom stereocenters. The minimum atomic E-state index is -0.521. The number of hydrogen-bond acceptors (Lipinski definition) is 5. The van der Waals surface area contributed by atoms with Gasteiger partial charge in [0.05, 0.1) is 17.6 Å². The summed E-state index contributed by atoms with van der Waals surface area (Å²) in [6.07, 6.45) is 6.26. The minimum absolute atomic E-state index is 0.0115. The average molecular weight is 506 g/mol. The van der Waals surface area contributed by atoms with E-state index in [1.54, 1.807) is 24.5 Å². The molecular weight excluding hydrogens is 477 g/mol. The summed E-state index contributed by atoms with van der Waals surface area (Å²) >= 11 is 0. The molecule has 0 radical (unpaired) electrons. The van der Waals surface area contributed by atoms with Gasteiger partial charge in [0.25, 0.3) is 0 Å². The number of ketones is 1. The van der Waals surface area contributed by atoms with E-state index in [0.29, 0.717) is 35.5 Å². The van der Waals surface area contributed by atoms with Crippen LogP contribution in [0.15, 0.2) is 84.9 Å². The molecule has 6 rings (SSSR count). The number of aliphatic hydroxyl groups excluding tert-OH is 1. The van der Waals surface area contributed by atoms with Gasteiger partial charge in [-0.1, -0.05) is 56.3 Å². The average Bonchev–Trinajstić information content (AvgIpc) is 2.95. The van der Waals surface area contributed by atoms with Crippen LogP contribution in [0.25, 0.3) is 33.8 Å². The van der Waals surface area contributed by atoms with Crippen LogP contribution in [-0.4, -0.2) is 25.8 Å². The molecule has 2 heterocycles. The van der Waals surface area contributed by atoms with Gasteiger partial charge in [-0.3, -0.25) is 9.78 Å². The molecule has 2 aliphatic carbocycles. The van der Waals surface area contributed by atoms with Crippen molar-refractivity contribution in [2.45, 2.75) is 38.5 Å². The zero-order valence-corrected chi connectivity index (χ0v) is 21.4. The number of benzene rings is 2. The third kappa shape index (κ3) is 3.74. The van der Waals surface area contributed by atoms with Gasteiger partial charge < -0.3 is 5.11 Å². The highest BCUT2D eigenvalue weighted by molar-refractivity contribution is 5.98. The Bertz CT molecular complexity index is 1580. The van der Waals surface area contributed by atoms with Crippen LogP contribution in [0, 0.1) is 17.7 Å². The summed E-state index contributed by atoms with van der Waals surface area (Å²) < 4.78 is 15.2. The van der Waals surface area contributed by atoms with Crippen LogP contribution in [0.5, 0.6) is 0 Å². The number of halogens is 1. The Balaban J connectivity index is 1.64. The smallest absolute Gasteiger partial charge is 0.165 e. The van der Waals surface area contributed by atoms with Crippen molar-refractivity contribution in [2.75, 3.05) is 0 Å². The van der Waals surface area contributed by atoms with Crippen LogP contribution >= 0.6 is 0 Å². The fourth-order valence-corrected chi connectivity index (χ4v) is 6.50. The molecule has 190 valence electrons. The van der Waals surface area contributed by atoms with Gasteiger partial charge in [-0.25, -0.2) is 14.4 Å². The number of rotatable bonds is 3. The predicted octanol–water partition coefficient (Wildman–Crippen LogP) is 6.88. The summed E-state index contributed by atoms with van der Waals surface area (Å²) in [7, 11) is 0. The molecule has 0 amide bonds. The van der Waals surface area contributed by atoms with Crippen molar-refractivity contribution < 1.29 is 14.3 Å². The number of pyridine rings is 1. The van der Waals surface area contributed by atoms with Crippen LogP contribution in [0.4, 0.5) is 4.39 Å². The van der Waals surface area contributed by atoms with Gasteiger partial charge in [-0.2, -0.15) is 0 Å². The molecule has 38 heavy (non-hydrogen) atoms. The molecule has 0 aliphatic heterocycles.